The largest absolute Gasteiger partial charge is 0.384 e. The van der Waals surface area contributed by atoms with Gasteiger partial charge in [-0.2, -0.15) is 0 Å². The summed E-state index contributed by atoms with van der Waals surface area (Å²) in [7, 11) is 3.66. The summed E-state index contributed by atoms with van der Waals surface area (Å²) >= 11 is 1.70. The van der Waals surface area contributed by atoms with Gasteiger partial charge in [-0.25, -0.2) is 4.98 Å². The van der Waals surface area contributed by atoms with Gasteiger partial charge in [0.05, 0.1) is 17.3 Å². The zero-order chi connectivity index (χ0) is 9.68. The van der Waals surface area contributed by atoms with E-state index in [9.17, 15) is 0 Å². The molecule has 0 amide bonds. The SMILES string of the molecule is CNC(C)c1csc(CCOC)n1. The Hall–Kier alpha value is -0.450. The van der Waals surface area contributed by atoms with Crippen molar-refractivity contribution in [2.75, 3.05) is 20.8 Å². The molecular formula is C9H16N2OS. The number of aromatic nitrogens is 1. The third-order valence-electron chi connectivity index (χ3n) is 1.97. The van der Waals surface area contributed by atoms with E-state index in [1.807, 2.05) is 7.05 Å². The van der Waals surface area contributed by atoms with E-state index in [-0.39, 0.29) is 0 Å². The second kappa shape index (κ2) is 5.32. The fourth-order valence-electron chi connectivity index (χ4n) is 0.976. The van der Waals surface area contributed by atoms with Crippen molar-refractivity contribution in [1.82, 2.24) is 10.3 Å². The van der Waals surface area contributed by atoms with Crippen LogP contribution < -0.4 is 5.32 Å². The number of hydrogen-bond donors (Lipinski definition) is 1. The molecule has 0 aliphatic carbocycles. The molecule has 1 aromatic rings. The molecule has 1 atom stereocenters. The van der Waals surface area contributed by atoms with Gasteiger partial charge in [0.15, 0.2) is 0 Å². The number of thiazole rings is 1. The van der Waals surface area contributed by atoms with E-state index >= 15 is 0 Å². The first-order valence-electron chi connectivity index (χ1n) is 4.38. The van der Waals surface area contributed by atoms with Crippen LogP contribution in [0.2, 0.25) is 0 Å². The molecule has 74 valence electrons. The summed E-state index contributed by atoms with van der Waals surface area (Å²) in [6, 6.07) is 0.340. The number of nitrogens with one attached hydrogen (secondary N) is 1. The van der Waals surface area contributed by atoms with Crippen molar-refractivity contribution in [3.05, 3.63) is 16.1 Å². The third kappa shape index (κ3) is 3.06. The minimum absolute atomic E-state index is 0.340. The predicted octanol–water partition coefficient (Wildman–Crippen LogP) is 1.61. The minimum Gasteiger partial charge on any atom is -0.384 e. The van der Waals surface area contributed by atoms with Crippen LogP contribution in [0.1, 0.15) is 23.7 Å². The Balaban J connectivity index is 2.53. The van der Waals surface area contributed by atoms with Crippen molar-refractivity contribution < 1.29 is 4.74 Å². The van der Waals surface area contributed by atoms with Gasteiger partial charge in [0.25, 0.3) is 0 Å². The second-order valence-corrected chi connectivity index (χ2v) is 3.86. The highest BCUT2D eigenvalue weighted by atomic mass is 32.1. The van der Waals surface area contributed by atoms with Crippen LogP contribution in [0.3, 0.4) is 0 Å². The van der Waals surface area contributed by atoms with Gasteiger partial charge < -0.3 is 10.1 Å². The summed E-state index contributed by atoms with van der Waals surface area (Å²) in [5.74, 6) is 0. The predicted molar refractivity (Wildman–Crippen MR) is 55.2 cm³/mol. The van der Waals surface area contributed by atoms with Crippen LogP contribution in [-0.4, -0.2) is 25.7 Å². The van der Waals surface area contributed by atoms with E-state index in [4.69, 9.17) is 4.74 Å². The third-order valence-corrected chi connectivity index (χ3v) is 2.89. The van der Waals surface area contributed by atoms with Gasteiger partial charge in [0, 0.05) is 25.0 Å². The fraction of sp³-hybridized carbons (Fsp3) is 0.667. The minimum atomic E-state index is 0.340. The molecule has 0 aliphatic rings. The summed E-state index contributed by atoms with van der Waals surface area (Å²) in [6.45, 7) is 2.86. The Kier molecular flexibility index (Phi) is 4.35. The first kappa shape index (κ1) is 10.6. The maximum Gasteiger partial charge on any atom is 0.0951 e. The van der Waals surface area contributed by atoms with E-state index in [0.29, 0.717) is 6.04 Å². The second-order valence-electron chi connectivity index (χ2n) is 2.92. The topological polar surface area (TPSA) is 34.1 Å². The molecule has 0 aliphatic heterocycles. The molecule has 0 aromatic carbocycles. The Morgan fingerprint density at radius 2 is 2.46 bits per heavy atom. The molecule has 1 rings (SSSR count). The number of methoxy groups -OCH3 is 1. The molecule has 4 heteroatoms. The lowest BCUT2D eigenvalue weighted by molar-refractivity contribution is 0.202. The Morgan fingerprint density at radius 3 is 3.08 bits per heavy atom. The number of hydrogen-bond acceptors (Lipinski definition) is 4. The summed E-state index contributed by atoms with van der Waals surface area (Å²) < 4.78 is 4.99. The van der Waals surface area contributed by atoms with Crippen molar-refractivity contribution in [3.8, 4) is 0 Å². The molecule has 0 fully saturated rings. The summed E-state index contributed by atoms with van der Waals surface area (Å²) in [4.78, 5) is 4.49. The number of ether oxygens (including phenoxy) is 1. The van der Waals surface area contributed by atoms with Crippen molar-refractivity contribution >= 4 is 11.3 Å². The zero-order valence-electron chi connectivity index (χ0n) is 8.33. The summed E-state index contributed by atoms with van der Waals surface area (Å²) in [5.41, 5.74) is 1.12. The lowest BCUT2D eigenvalue weighted by Gasteiger charge is -2.04. The highest BCUT2D eigenvalue weighted by Gasteiger charge is 2.07. The monoisotopic (exact) mass is 200 g/mol. The summed E-state index contributed by atoms with van der Waals surface area (Å²) in [5, 5.41) is 6.42. The standard InChI is InChI=1S/C9H16N2OS/c1-7(10-2)8-6-13-9(11-8)4-5-12-3/h6-7,10H,4-5H2,1-3H3. The average Bonchev–Trinajstić information content (AvgIpc) is 2.62. The van der Waals surface area contributed by atoms with E-state index < -0.39 is 0 Å². The summed E-state index contributed by atoms with van der Waals surface area (Å²) in [6.07, 6.45) is 0.914. The molecule has 1 aromatic heterocycles. The van der Waals surface area contributed by atoms with Gasteiger partial charge in [-0.1, -0.05) is 0 Å². The van der Waals surface area contributed by atoms with Crippen molar-refractivity contribution in [2.24, 2.45) is 0 Å². The van der Waals surface area contributed by atoms with E-state index in [0.717, 1.165) is 23.7 Å². The Labute approximate surface area is 83.1 Å². The average molecular weight is 200 g/mol. The highest BCUT2D eigenvalue weighted by Crippen LogP contribution is 2.16. The molecule has 1 unspecified atom stereocenters. The molecule has 0 saturated carbocycles. The quantitative estimate of drug-likeness (QED) is 0.784. The normalized spacial score (nSPS) is 13.2. The molecule has 0 saturated heterocycles. The smallest absolute Gasteiger partial charge is 0.0951 e. The highest BCUT2D eigenvalue weighted by molar-refractivity contribution is 7.09. The molecule has 1 N–H and O–H groups in total. The first-order chi connectivity index (χ1) is 6.27. The molecular weight excluding hydrogens is 184 g/mol. The van der Waals surface area contributed by atoms with Crippen LogP contribution in [0.25, 0.3) is 0 Å². The molecule has 1 heterocycles. The van der Waals surface area contributed by atoms with Crippen LogP contribution in [0.4, 0.5) is 0 Å². The molecule has 0 bridgehead atoms. The maximum absolute atomic E-state index is 4.99. The van der Waals surface area contributed by atoms with Gasteiger partial charge >= 0.3 is 0 Å². The van der Waals surface area contributed by atoms with E-state index in [1.54, 1.807) is 18.4 Å². The first-order valence-corrected chi connectivity index (χ1v) is 5.26. The maximum atomic E-state index is 4.99. The number of rotatable bonds is 5. The van der Waals surface area contributed by atoms with Gasteiger partial charge in [-0.05, 0) is 14.0 Å². The molecule has 0 spiro atoms. The van der Waals surface area contributed by atoms with Gasteiger partial charge in [0.2, 0.25) is 0 Å². The van der Waals surface area contributed by atoms with Crippen LogP contribution in [0.5, 0.6) is 0 Å². The lowest BCUT2D eigenvalue weighted by Crippen LogP contribution is -2.12. The molecule has 0 radical (unpaired) electrons. The van der Waals surface area contributed by atoms with Crippen molar-refractivity contribution in [3.63, 3.8) is 0 Å². The van der Waals surface area contributed by atoms with Gasteiger partial charge in [-0.15, -0.1) is 11.3 Å². The molecule has 3 nitrogen and oxygen atoms in total. The van der Waals surface area contributed by atoms with Crippen molar-refractivity contribution in [1.29, 1.82) is 0 Å². The van der Waals surface area contributed by atoms with Crippen LogP contribution >= 0.6 is 11.3 Å². The number of nitrogens with zero attached hydrogens (tertiary/aromatic N) is 1. The fourth-order valence-corrected chi connectivity index (χ4v) is 1.85. The van der Waals surface area contributed by atoms with Crippen LogP contribution in [-0.2, 0) is 11.2 Å². The zero-order valence-corrected chi connectivity index (χ0v) is 9.15. The Morgan fingerprint density at radius 1 is 1.69 bits per heavy atom. The van der Waals surface area contributed by atoms with Crippen LogP contribution in [0, 0.1) is 0 Å². The van der Waals surface area contributed by atoms with Crippen molar-refractivity contribution in [2.45, 2.75) is 19.4 Å². The van der Waals surface area contributed by atoms with Crippen LogP contribution in [0.15, 0.2) is 5.38 Å². The Bertz CT molecular complexity index is 250. The lowest BCUT2D eigenvalue weighted by atomic mass is 10.3. The van der Waals surface area contributed by atoms with Gasteiger partial charge in [0.1, 0.15) is 0 Å². The molecule has 13 heavy (non-hydrogen) atoms. The van der Waals surface area contributed by atoms with E-state index in [2.05, 4.69) is 22.6 Å². The van der Waals surface area contributed by atoms with Gasteiger partial charge in [-0.3, -0.25) is 0 Å². The van der Waals surface area contributed by atoms with E-state index in [1.165, 1.54) is 0 Å².